The Labute approximate surface area is 137 Å². The molecule has 2 N–H and O–H groups in total. The van der Waals surface area contributed by atoms with E-state index in [4.69, 9.17) is 26.2 Å². The number of anilines is 1. The molecule has 1 amide bonds. The third kappa shape index (κ3) is 4.62. The lowest BCUT2D eigenvalue weighted by atomic mass is 10.2. The van der Waals surface area contributed by atoms with Gasteiger partial charge in [-0.25, -0.2) is 4.79 Å². The Kier molecular flexibility index (Phi) is 5.43. The molecule has 0 aliphatic heterocycles. The van der Waals surface area contributed by atoms with E-state index in [9.17, 15) is 9.59 Å². The lowest BCUT2D eigenvalue weighted by molar-refractivity contribution is -0.119. The predicted molar refractivity (Wildman–Crippen MR) is 85.0 cm³/mol. The van der Waals surface area contributed by atoms with Gasteiger partial charge in [-0.15, -0.1) is 0 Å². The molecule has 0 saturated heterocycles. The Balaban J connectivity index is 1.94. The van der Waals surface area contributed by atoms with Crippen molar-refractivity contribution in [3.63, 3.8) is 0 Å². The molecule has 0 bridgehead atoms. The smallest absolute Gasteiger partial charge is 0.338 e. The van der Waals surface area contributed by atoms with Crippen LogP contribution in [0.3, 0.4) is 0 Å². The highest BCUT2D eigenvalue weighted by atomic mass is 35.5. The van der Waals surface area contributed by atoms with Crippen LogP contribution in [-0.2, 0) is 9.53 Å². The molecule has 0 spiro atoms. The van der Waals surface area contributed by atoms with Crippen LogP contribution in [0.15, 0.2) is 42.5 Å². The summed E-state index contributed by atoms with van der Waals surface area (Å²) in [7, 11) is 1.46. The molecule has 7 heteroatoms. The minimum Gasteiger partial charge on any atom is -0.508 e. The number of aromatic hydroxyl groups is 1. The van der Waals surface area contributed by atoms with Crippen molar-refractivity contribution < 1.29 is 24.2 Å². The fraction of sp³-hybridized carbons (Fsp3) is 0.125. The second-order valence-electron chi connectivity index (χ2n) is 4.52. The van der Waals surface area contributed by atoms with Gasteiger partial charge in [0.25, 0.3) is 5.91 Å². The first-order chi connectivity index (χ1) is 11.0. The van der Waals surface area contributed by atoms with E-state index >= 15 is 0 Å². The van der Waals surface area contributed by atoms with Crippen LogP contribution < -0.4 is 10.1 Å². The summed E-state index contributed by atoms with van der Waals surface area (Å²) < 4.78 is 10.0. The molecule has 6 nitrogen and oxygen atoms in total. The first-order valence-electron chi connectivity index (χ1n) is 6.59. The zero-order valence-electron chi connectivity index (χ0n) is 12.2. The molecule has 23 heavy (non-hydrogen) atoms. The van der Waals surface area contributed by atoms with E-state index in [2.05, 4.69) is 5.32 Å². The topological polar surface area (TPSA) is 84.9 Å². The maximum absolute atomic E-state index is 11.9. The van der Waals surface area contributed by atoms with Gasteiger partial charge < -0.3 is 19.9 Å². The monoisotopic (exact) mass is 335 g/mol. The van der Waals surface area contributed by atoms with Gasteiger partial charge in [0, 0.05) is 5.02 Å². The summed E-state index contributed by atoms with van der Waals surface area (Å²) in [4.78, 5) is 23.6. The Morgan fingerprint density at radius 3 is 2.52 bits per heavy atom. The van der Waals surface area contributed by atoms with Crippen LogP contribution in [0.1, 0.15) is 10.4 Å². The van der Waals surface area contributed by atoms with Crippen molar-refractivity contribution in [3.05, 3.63) is 53.1 Å². The molecule has 0 saturated carbocycles. The van der Waals surface area contributed by atoms with Crippen LogP contribution in [0.4, 0.5) is 5.69 Å². The van der Waals surface area contributed by atoms with Gasteiger partial charge >= 0.3 is 5.97 Å². The predicted octanol–water partition coefficient (Wildman–Crippen LogP) is 2.85. The molecule has 0 heterocycles. The van der Waals surface area contributed by atoms with Gasteiger partial charge in [-0.3, -0.25) is 4.79 Å². The fourth-order valence-corrected chi connectivity index (χ4v) is 1.95. The number of methoxy groups -OCH3 is 1. The molecule has 0 aromatic heterocycles. The number of ether oxygens (including phenoxy) is 2. The summed E-state index contributed by atoms with van der Waals surface area (Å²) in [5.41, 5.74) is 0.613. The number of carbonyl (C=O) groups is 2. The fourth-order valence-electron chi connectivity index (χ4n) is 1.78. The summed E-state index contributed by atoms with van der Waals surface area (Å²) in [5.74, 6) is -0.726. The van der Waals surface area contributed by atoms with E-state index in [-0.39, 0.29) is 11.3 Å². The van der Waals surface area contributed by atoms with Crippen LogP contribution in [-0.4, -0.2) is 30.7 Å². The number of carbonyl (C=O) groups excluding carboxylic acids is 2. The summed E-state index contributed by atoms with van der Waals surface area (Å²) in [6.07, 6.45) is 0. The van der Waals surface area contributed by atoms with Gasteiger partial charge in [0.1, 0.15) is 11.5 Å². The van der Waals surface area contributed by atoms with E-state index in [1.54, 1.807) is 12.1 Å². The van der Waals surface area contributed by atoms with Crippen LogP contribution >= 0.6 is 11.6 Å². The zero-order valence-corrected chi connectivity index (χ0v) is 13.0. The first kappa shape index (κ1) is 16.6. The van der Waals surface area contributed by atoms with Crippen LogP contribution in [0.25, 0.3) is 0 Å². The maximum atomic E-state index is 11.9. The maximum Gasteiger partial charge on any atom is 0.338 e. The number of phenolic OH excluding ortho intramolecular Hbond substituents is 1. The summed E-state index contributed by atoms with van der Waals surface area (Å²) in [6.45, 7) is -0.463. The lowest BCUT2D eigenvalue weighted by Gasteiger charge is -2.10. The number of amides is 1. The molecule has 2 rings (SSSR count). The van der Waals surface area contributed by atoms with E-state index in [0.717, 1.165) is 0 Å². The molecule has 2 aromatic rings. The largest absolute Gasteiger partial charge is 0.508 e. The van der Waals surface area contributed by atoms with Gasteiger partial charge in [0.2, 0.25) is 0 Å². The molecule has 120 valence electrons. The molecule has 0 radical (unpaired) electrons. The van der Waals surface area contributed by atoms with E-state index in [1.165, 1.54) is 37.4 Å². The summed E-state index contributed by atoms with van der Waals surface area (Å²) >= 11 is 5.86. The molecule has 0 unspecified atom stereocenters. The van der Waals surface area contributed by atoms with Gasteiger partial charge in [0.15, 0.2) is 6.61 Å². The number of halogens is 1. The van der Waals surface area contributed by atoms with Gasteiger partial charge in [-0.05, 0) is 42.5 Å². The van der Waals surface area contributed by atoms with Crippen molar-refractivity contribution in [2.45, 2.75) is 0 Å². The Morgan fingerprint density at radius 2 is 1.87 bits per heavy atom. The van der Waals surface area contributed by atoms with Gasteiger partial charge in [-0.2, -0.15) is 0 Å². The number of nitrogens with one attached hydrogen (secondary N) is 1. The molecule has 0 atom stereocenters. The van der Waals surface area contributed by atoms with Crippen LogP contribution in [0.2, 0.25) is 5.02 Å². The Bertz CT molecular complexity index is 715. The van der Waals surface area contributed by atoms with Crippen molar-refractivity contribution in [2.24, 2.45) is 0 Å². The van der Waals surface area contributed by atoms with Crippen molar-refractivity contribution in [1.29, 1.82) is 0 Å². The highest BCUT2D eigenvalue weighted by Crippen LogP contribution is 2.27. The number of rotatable bonds is 5. The molecule has 0 fully saturated rings. The first-order valence-corrected chi connectivity index (χ1v) is 6.97. The third-order valence-electron chi connectivity index (χ3n) is 2.87. The quantitative estimate of drug-likeness (QED) is 0.821. The summed E-state index contributed by atoms with van der Waals surface area (Å²) in [6, 6.07) is 10.3. The number of esters is 1. The van der Waals surface area contributed by atoms with Crippen molar-refractivity contribution >= 4 is 29.2 Å². The third-order valence-corrected chi connectivity index (χ3v) is 3.11. The van der Waals surface area contributed by atoms with Crippen LogP contribution in [0, 0.1) is 0 Å². The second-order valence-corrected chi connectivity index (χ2v) is 4.95. The molecule has 0 aliphatic carbocycles. The minimum atomic E-state index is -0.668. The SMILES string of the molecule is COc1ccc(Cl)cc1NC(=O)COC(=O)c1ccc(O)cc1. The van der Waals surface area contributed by atoms with E-state index in [0.29, 0.717) is 16.5 Å². The highest BCUT2D eigenvalue weighted by molar-refractivity contribution is 6.31. The normalized spacial score (nSPS) is 10.0. The minimum absolute atomic E-state index is 0.0346. The number of benzene rings is 2. The molecule has 2 aromatic carbocycles. The van der Waals surface area contributed by atoms with Crippen molar-refractivity contribution in [3.8, 4) is 11.5 Å². The molecular weight excluding hydrogens is 322 g/mol. The summed E-state index contributed by atoms with van der Waals surface area (Å²) in [5, 5.41) is 12.1. The highest BCUT2D eigenvalue weighted by Gasteiger charge is 2.12. The van der Waals surface area contributed by atoms with Crippen LogP contribution in [0.5, 0.6) is 11.5 Å². The Hall–Kier alpha value is -2.73. The van der Waals surface area contributed by atoms with Gasteiger partial charge in [-0.1, -0.05) is 11.6 Å². The molecule has 0 aliphatic rings. The second kappa shape index (κ2) is 7.51. The number of hydrogen-bond acceptors (Lipinski definition) is 5. The molecular formula is C16H14ClNO5. The average Bonchev–Trinajstić information content (AvgIpc) is 2.53. The number of phenols is 1. The van der Waals surface area contributed by atoms with Crippen molar-refractivity contribution in [2.75, 3.05) is 19.0 Å². The van der Waals surface area contributed by atoms with E-state index < -0.39 is 18.5 Å². The lowest BCUT2D eigenvalue weighted by Crippen LogP contribution is -2.21. The van der Waals surface area contributed by atoms with Gasteiger partial charge in [0.05, 0.1) is 18.4 Å². The number of hydrogen-bond donors (Lipinski definition) is 2. The van der Waals surface area contributed by atoms with E-state index in [1.807, 2.05) is 0 Å². The zero-order chi connectivity index (χ0) is 16.8. The standard InChI is InChI=1S/C16H14ClNO5/c1-22-14-7-4-11(17)8-13(14)18-15(20)9-23-16(21)10-2-5-12(19)6-3-10/h2-8,19H,9H2,1H3,(H,18,20). The Morgan fingerprint density at radius 1 is 1.17 bits per heavy atom. The van der Waals surface area contributed by atoms with Crippen molar-refractivity contribution in [1.82, 2.24) is 0 Å². The average molecular weight is 336 g/mol.